The van der Waals surface area contributed by atoms with E-state index in [4.69, 9.17) is 5.11 Å². The van der Waals surface area contributed by atoms with Crippen molar-refractivity contribution in [1.29, 1.82) is 0 Å². The van der Waals surface area contributed by atoms with Crippen LogP contribution in [-0.2, 0) is 9.59 Å². The van der Waals surface area contributed by atoms with Crippen LogP contribution in [0, 0.1) is 18.8 Å². The maximum Gasteiger partial charge on any atom is 0.306 e. The van der Waals surface area contributed by atoms with Gasteiger partial charge in [-0.15, -0.1) is 0 Å². The predicted molar refractivity (Wildman–Crippen MR) is 80.6 cm³/mol. The Balaban J connectivity index is 1.96. The number of carbonyl (C=O) groups excluding carboxylic acids is 1. The number of benzene rings is 1. The fraction of sp³-hybridized carbons (Fsp3) is 0.467. The average Bonchev–Trinajstić information content (AvgIpc) is 2.44. The summed E-state index contributed by atoms with van der Waals surface area (Å²) in [5.74, 6) is -1.13. The van der Waals surface area contributed by atoms with E-state index >= 15 is 0 Å². The molecular formula is C15H18BrNO3. The molecule has 1 fully saturated rings. The molecule has 0 atom stereocenters. The summed E-state index contributed by atoms with van der Waals surface area (Å²) in [4.78, 5) is 23.1. The Labute approximate surface area is 126 Å². The topological polar surface area (TPSA) is 66.4 Å². The van der Waals surface area contributed by atoms with Gasteiger partial charge in [-0.3, -0.25) is 9.59 Å². The highest BCUT2D eigenvalue weighted by atomic mass is 79.9. The second-order valence-electron chi connectivity index (χ2n) is 5.31. The highest BCUT2D eigenvalue weighted by Gasteiger charge is 2.29. The number of carboxylic acids is 1. The lowest BCUT2D eigenvalue weighted by molar-refractivity contribution is -0.143. The van der Waals surface area contributed by atoms with Crippen molar-refractivity contribution in [1.82, 2.24) is 0 Å². The van der Waals surface area contributed by atoms with E-state index in [0.29, 0.717) is 25.7 Å². The fourth-order valence-corrected chi connectivity index (χ4v) is 2.94. The van der Waals surface area contributed by atoms with Gasteiger partial charge in [-0.1, -0.05) is 12.1 Å². The maximum absolute atomic E-state index is 12.2. The third kappa shape index (κ3) is 3.39. The second kappa shape index (κ2) is 6.39. The van der Waals surface area contributed by atoms with Crippen molar-refractivity contribution in [2.45, 2.75) is 32.6 Å². The number of rotatable bonds is 3. The molecule has 0 spiro atoms. The van der Waals surface area contributed by atoms with Crippen molar-refractivity contribution in [2.75, 3.05) is 5.32 Å². The second-order valence-corrected chi connectivity index (χ2v) is 6.11. The minimum Gasteiger partial charge on any atom is -0.481 e. The Bertz CT molecular complexity index is 522. The quantitative estimate of drug-likeness (QED) is 0.884. The Morgan fingerprint density at radius 2 is 1.80 bits per heavy atom. The summed E-state index contributed by atoms with van der Waals surface area (Å²) in [6.45, 7) is 1.97. The normalized spacial score (nSPS) is 22.3. The first-order valence-corrected chi connectivity index (χ1v) is 7.57. The van der Waals surface area contributed by atoms with Crippen LogP contribution in [0.15, 0.2) is 22.7 Å². The summed E-state index contributed by atoms with van der Waals surface area (Å²) in [5, 5.41) is 11.9. The molecule has 0 radical (unpaired) electrons. The molecule has 0 heterocycles. The third-order valence-corrected chi connectivity index (χ3v) is 4.95. The van der Waals surface area contributed by atoms with Crippen LogP contribution in [-0.4, -0.2) is 17.0 Å². The van der Waals surface area contributed by atoms with Crippen molar-refractivity contribution in [3.05, 3.63) is 28.2 Å². The summed E-state index contributed by atoms with van der Waals surface area (Å²) in [6, 6.07) is 5.73. The van der Waals surface area contributed by atoms with Gasteiger partial charge in [0.15, 0.2) is 0 Å². The van der Waals surface area contributed by atoms with Crippen LogP contribution >= 0.6 is 15.9 Å². The minimum absolute atomic E-state index is 0.0138. The fourth-order valence-electron chi connectivity index (χ4n) is 2.58. The summed E-state index contributed by atoms with van der Waals surface area (Å²) in [5.41, 5.74) is 1.84. The van der Waals surface area contributed by atoms with E-state index in [1.54, 1.807) is 0 Å². The molecule has 1 amide bonds. The molecule has 1 aliphatic rings. The standard InChI is InChI=1S/C15H18BrNO3/c1-9-3-2-4-12(13(9)16)17-14(18)10-5-7-11(8-6-10)15(19)20/h2-4,10-11H,5-8H2,1H3,(H,17,18)(H,19,20). The monoisotopic (exact) mass is 339 g/mol. The largest absolute Gasteiger partial charge is 0.481 e. The van der Waals surface area contributed by atoms with Crippen LogP contribution in [0.3, 0.4) is 0 Å². The molecule has 1 aromatic rings. The van der Waals surface area contributed by atoms with E-state index in [1.807, 2.05) is 25.1 Å². The lowest BCUT2D eigenvalue weighted by atomic mass is 9.81. The molecule has 5 heteroatoms. The zero-order valence-corrected chi connectivity index (χ0v) is 12.9. The highest BCUT2D eigenvalue weighted by Crippen LogP contribution is 2.31. The Kier molecular flexibility index (Phi) is 4.81. The zero-order valence-electron chi connectivity index (χ0n) is 11.4. The van der Waals surface area contributed by atoms with E-state index < -0.39 is 5.97 Å². The number of carboxylic acid groups (broad SMARTS) is 1. The molecule has 0 unspecified atom stereocenters. The van der Waals surface area contributed by atoms with Crippen molar-refractivity contribution >= 4 is 33.5 Å². The van der Waals surface area contributed by atoms with E-state index in [-0.39, 0.29) is 17.7 Å². The van der Waals surface area contributed by atoms with Crippen LogP contribution < -0.4 is 5.32 Å². The van der Waals surface area contributed by atoms with Crippen LogP contribution in [0.2, 0.25) is 0 Å². The molecule has 20 heavy (non-hydrogen) atoms. The smallest absolute Gasteiger partial charge is 0.306 e. The molecule has 108 valence electrons. The van der Waals surface area contributed by atoms with Crippen LogP contribution in [0.1, 0.15) is 31.2 Å². The van der Waals surface area contributed by atoms with E-state index in [9.17, 15) is 9.59 Å². The van der Waals surface area contributed by atoms with Crippen LogP contribution in [0.5, 0.6) is 0 Å². The SMILES string of the molecule is Cc1cccc(NC(=O)C2CCC(C(=O)O)CC2)c1Br. The van der Waals surface area contributed by atoms with Gasteiger partial charge in [0.1, 0.15) is 0 Å². The first-order chi connectivity index (χ1) is 9.49. The molecule has 4 nitrogen and oxygen atoms in total. The molecule has 2 N–H and O–H groups in total. The van der Waals surface area contributed by atoms with E-state index in [1.165, 1.54) is 0 Å². The zero-order chi connectivity index (χ0) is 14.7. The first kappa shape index (κ1) is 15.0. The summed E-state index contributed by atoms with van der Waals surface area (Å²) >= 11 is 3.47. The van der Waals surface area contributed by atoms with Gasteiger partial charge in [-0.2, -0.15) is 0 Å². The molecule has 0 aliphatic heterocycles. The first-order valence-electron chi connectivity index (χ1n) is 6.78. The van der Waals surface area contributed by atoms with Gasteiger partial charge >= 0.3 is 5.97 Å². The van der Waals surface area contributed by atoms with Gasteiger partial charge in [0, 0.05) is 10.4 Å². The van der Waals surface area contributed by atoms with E-state index in [0.717, 1.165) is 15.7 Å². The number of hydrogen-bond donors (Lipinski definition) is 2. The van der Waals surface area contributed by atoms with Crippen molar-refractivity contribution < 1.29 is 14.7 Å². The third-order valence-electron chi connectivity index (χ3n) is 3.90. The molecule has 1 aliphatic carbocycles. The van der Waals surface area contributed by atoms with Gasteiger partial charge in [0.25, 0.3) is 0 Å². The molecule has 0 aromatic heterocycles. The predicted octanol–water partition coefficient (Wildman–Crippen LogP) is 3.59. The number of aliphatic carboxylic acids is 1. The summed E-state index contributed by atoms with van der Waals surface area (Å²) < 4.78 is 0.896. The summed E-state index contributed by atoms with van der Waals surface area (Å²) in [7, 11) is 0. The lowest BCUT2D eigenvalue weighted by Crippen LogP contribution is -2.29. The highest BCUT2D eigenvalue weighted by molar-refractivity contribution is 9.10. The van der Waals surface area contributed by atoms with Crippen LogP contribution in [0.25, 0.3) is 0 Å². The molecule has 1 saturated carbocycles. The lowest BCUT2D eigenvalue weighted by Gasteiger charge is -2.25. The maximum atomic E-state index is 12.2. The number of carbonyl (C=O) groups is 2. The van der Waals surface area contributed by atoms with Gasteiger partial charge in [-0.25, -0.2) is 0 Å². The van der Waals surface area contributed by atoms with E-state index in [2.05, 4.69) is 21.2 Å². The van der Waals surface area contributed by atoms with Crippen molar-refractivity contribution in [3.8, 4) is 0 Å². The van der Waals surface area contributed by atoms with Gasteiger partial charge in [-0.05, 0) is 60.2 Å². The Morgan fingerprint density at radius 3 is 2.40 bits per heavy atom. The van der Waals surface area contributed by atoms with Crippen LogP contribution in [0.4, 0.5) is 5.69 Å². The molecule has 1 aromatic carbocycles. The molecule has 0 bridgehead atoms. The van der Waals surface area contributed by atoms with Crippen molar-refractivity contribution in [3.63, 3.8) is 0 Å². The molecular weight excluding hydrogens is 322 g/mol. The summed E-state index contributed by atoms with van der Waals surface area (Å²) in [6.07, 6.45) is 2.46. The Hall–Kier alpha value is -1.36. The average molecular weight is 340 g/mol. The molecule has 2 rings (SSSR count). The number of anilines is 1. The number of hydrogen-bond acceptors (Lipinski definition) is 2. The number of nitrogens with one attached hydrogen (secondary N) is 1. The number of aryl methyl sites for hydroxylation is 1. The van der Waals surface area contributed by atoms with Gasteiger partial charge < -0.3 is 10.4 Å². The number of amides is 1. The minimum atomic E-state index is -0.745. The molecule has 0 saturated heterocycles. The Morgan fingerprint density at radius 1 is 1.20 bits per heavy atom. The van der Waals surface area contributed by atoms with Crippen molar-refractivity contribution in [2.24, 2.45) is 11.8 Å². The van der Waals surface area contributed by atoms with Gasteiger partial charge in [0.05, 0.1) is 11.6 Å². The number of halogens is 1. The van der Waals surface area contributed by atoms with Gasteiger partial charge in [0.2, 0.25) is 5.91 Å².